The number of rotatable bonds is 5. The summed E-state index contributed by atoms with van der Waals surface area (Å²) in [5.41, 5.74) is 1.12. The van der Waals surface area contributed by atoms with Crippen molar-refractivity contribution in [2.75, 3.05) is 0 Å². The van der Waals surface area contributed by atoms with Crippen molar-refractivity contribution in [3.05, 3.63) is 96.6 Å². The van der Waals surface area contributed by atoms with E-state index in [1.54, 1.807) is 0 Å². The molecule has 3 aromatic rings. The van der Waals surface area contributed by atoms with E-state index in [-0.39, 0.29) is 6.04 Å². The first-order chi connectivity index (χ1) is 11.2. The van der Waals surface area contributed by atoms with Crippen LogP contribution in [0.3, 0.4) is 0 Å². The molecule has 0 amide bonds. The second-order valence-corrected chi connectivity index (χ2v) is 8.05. The second kappa shape index (κ2) is 6.95. The molecule has 23 heavy (non-hydrogen) atoms. The first kappa shape index (κ1) is 15.7. The average Bonchev–Trinajstić information content (AvgIpc) is 2.64. The number of hydrogen-bond acceptors (Lipinski definition) is 1. The van der Waals surface area contributed by atoms with Crippen LogP contribution < -0.4 is 15.7 Å². The normalized spacial score (nSPS) is 12.7. The Kier molecular flexibility index (Phi) is 4.76. The predicted molar refractivity (Wildman–Crippen MR) is 97.8 cm³/mol. The highest BCUT2D eigenvalue weighted by Gasteiger charge is 2.28. The summed E-state index contributed by atoms with van der Waals surface area (Å²) in [6.45, 7) is 2.05. The zero-order valence-corrected chi connectivity index (χ0v) is 14.0. The zero-order chi connectivity index (χ0) is 16.1. The third kappa shape index (κ3) is 3.44. The predicted octanol–water partition coefficient (Wildman–Crippen LogP) is 4.27. The van der Waals surface area contributed by atoms with E-state index in [1.807, 2.05) is 85.8 Å². The summed E-state index contributed by atoms with van der Waals surface area (Å²) >= 11 is 0. The summed E-state index contributed by atoms with van der Waals surface area (Å²) in [5, 5.41) is 5.05. The van der Waals surface area contributed by atoms with Crippen LogP contribution in [0.4, 0.5) is 0 Å². The second-order valence-electron chi connectivity index (χ2n) is 5.54. The summed E-state index contributed by atoms with van der Waals surface area (Å²) < 4.78 is 13.9. The van der Waals surface area contributed by atoms with Crippen molar-refractivity contribution in [1.29, 1.82) is 0 Å². The fraction of sp³-hybridized carbons (Fsp3) is 0.100. The van der Waals surface area contributed by atoms with E-state index in [0.29, 0.717) is 0 Å². The summed E-state index contributed by atoms with van der Waals surface area (Å²) in [6.07, 6.45) is 0. The molecule has 1 N–H and O–H groups in total. The van der Waals surface area contributed by atoms with Gasteiger partial charge in [0.15, 0.2) is 0 Å². The quantitative estimate of drug-likeness (QED) is 0.711. The van der Waals surface area contributed by atoms with E-state index < -0.39 is 7.29 Å². The molecule has 0 heterocycles. The SMILES string of the molecule is CC(NP(=O)(c1ccccc1)c1ccccc1)c1ccccc1. The Labute approximate surface area is 137 Å². The maximum absolute atomic E-state index is 13.9. The highest BCUT2D eigenvalue weighted by molar-refractivity contribution is 7.76. The molecule has 0 aliphatic heterocycles. The molecular weight excluding hydrogens is 301 g/mol. The lowest BCUT2D eigenvalue weighted by atomic mass is 10.1. The molecule has 0 radical (unpaired) electrons. The topological polar surface area (TPSA) is 29.1 Å². The largest absolute Gasteiger partial charge is 0.297 e. The van der Waals surface area contributed by atoms with E-state index in [9.17, 15) is 4.57 Å². The van der Waals surface area contributed by atoms with Gasteiger partial charge >= 0.3 is 0 Å². The Morgan fingerprint density at radius 2 is 1.09 bits per heavy atom. The van der Waals surface area contributed by atoms with Gasteiger partial charge in [-0.15, -0.1) is 0 Å². The van der Waals surface area contributed by atoms with Crippen LogP contribution in [-0.4, -0.2) is 0 Å². The van der Waals surface area contributed by atoms with Crippen LogP contribution in [0.15, 0.2) is 91.0 Å². The number of hydrogen-bond donors (Lipinski definition) is 1. The lowest BCUT2D eigenvalue weighted by Gasteiger charge is -2.25. The monoisotopic (exact) mass is 321 g/mol. The Hall–Kier alpha value is -2.15. The average molecular weight is 321 g/mol. The van der Waals surface area contributed by atoms with Crippen molar-refractivity contribution in [3.8, 4) is 0 Å². The molecule has 116 valence electrons. The molecule has 0 aliphatic carbocycles. The molecule has 2 nitrogen and oxygen atoms in total. The Balaban J connectivity index is 2.02. The van der Waals surface area contributed by atoms with Gasteiger partial charge in [-0.25, -0.2) is 0 Å². The Morgan fingerprint density at radius 3 is 1.52 bits per heavy atom. The van der Waals surface area contributed by atoms with Gasteiger partial charge in [-0.2, -0.15) is 0 Å². The molecular formula is C20H20NOP. The van der Waals surface area contributed by atoms with Crippen molar-refractivity contribution in [1.82, 2.24) is 5.09 Å². The van der Waals surface area contributed by atoms with Crippen LogP contribution in [0.2, 0.25) is 0 Å². The van der Waals surface area contributed by atoms with Gasteiger partial charge in [0.2, 0.25) is 7.29 Å². The molecule has 1 unspecified atom stereocenters. The van der Waals surface area contributed by atoms with Gasteiger partial charge in [0.25, 0.3) is 0 Å². The fourth-order valence-corrected chi connectivity index (χ4v) is 5.14. The molecule has 1 atom stereocenters. The van der Waals surface area contributed by atoms with Gasteiger partial charge in [0.1, 0.15) is 0 Å². The molecule has 0 saturated heterocycles. The summed E-state index contributed by atoms with van der Waals surface area (Å²) in [5.74, 6) is 0. The smallest absolute Gasteiger partial charge is 0.205 e. The summed E-state index contributed by atoms with van der Waals surface area (Å²) in [7, 11) is -2.90. The van der Waals surface area contributed by atoms with Crippen LogP contribution in [0.5, 0.6) is 0 Å². The lowest BCUT2D eigenvalue weighted by molar-refractivity contribution is 0.568. The fourth-order valence-electron chi connectivity index (χ4n) is 2.66. The minimum Gasteiger partial charge on any atom is -0.297 e. The Morgan fingerprint density at radius 1 is 0.696 bits per heavy atom. The highest BCUT2D eigenvalue weighted by atomic mass is 31.2. The third-order valence-electron chi connectivity index (χ3n) is 3.91. The minimum absolute atomic E-state index is 0.0116. The van der Waals surface area contributed by atoms with Gasteiger partial charge in [0.05, 0.1) is 0 Å². The van der Waals surface area contributed by atoms with E-state index >= 15 is 0 Å². The first-order valence-electron chi connectivity index (χ1n) is 7.74. The standard InChI is InChI=1S/C20H20NOP/c1-17(18-11-5-2-6-12-18)21-23(22,19-13-7-3-8-14-19)20-15-9-4-10-16-20/h2-17H,1H3,(H,21,22). The highest BCUT2D eigenvalue weighted by Crippen LogP contribution is 2.41. The van der Waals surface area contributed by atoms with E-state index in [0.717, 1.165) is 16.2 Å². The van der Waals surface area contributed by atoms with E-state index in [2.05, 4.69) is 17.2 Å². The number of benzene rings is 3. The maximum Gasteiger partial charge on any atom is 0.205 e. The molecule has 0 aliphatic rings. The minimum atomic E-state index is -2.90. The van der Waals surface area contributed by atoms with Crippen molar-refractivity contribution >= 4 is 17.9 Å². The number of nitrogens with one attached hydrogen (secondary N) is 1. The molecule has 3 aromatic carbocycles. The van der Waals surface area contributed by atoms with Crippen LogP contribution >= 0.6 is 7.29 Å². The Bertz CT molecular complexity index is 744. The van der Waals surface area contributed by atoms with Gasteiger partial charge in [-0.1, -0.05) is 66.7 Å². The van der Waals surface area contributed by atoms with Crippen LogP contribution in [0, 0.1) is 0 Å². The molecule has 0 bridgehead atoms. The van der Waals surface area contributed by atoms with Crippen molar-refractivity contribution in [2.24, 2.45) is 0 Å². The maximum atomic E-state index is 13.9. The van der Waals surface area contributed by atoms with Gasteiger partial charge in [0, 0.05) is 16.7 Å². The van der Waals surface area contributed by atoms with Crippen molar-refractivity contribution < 1.29 is 4.57 Å². The molecule has 0 spiro atoms. The molecule has 0 fully saturated rings. The van der Waals surface area contributed by atoms with Gasteiger partial charge < -0.3 is 0 Å². The lowest BCUT2D eigenvalue weighted by Crippen LogP contribution is -2.29. The summed E-state index contributed by atoms with van der Waals surface area (Å²) in [6, 6.07) is 29.4. The van der Waals surface area contributed by atoms with E-state index in [1.165, 1.54) is 0 Å². The van der Waals surface area contributed by atoms with Crippen LogP contribution in [0.25, 0.3) is 0 Å². The van der Waals surface area contributed by atoms with Gasteiger partial charge in [-0.05, 0) is 36.8 Å². The van der Waals surface area contributed by atoms with Crippen LogP contribution in [-0.2, 0) is 4.57 Å². The van der Waals surface area contributed by atoms with Gasteiger partial charge in [-0.3, -0.25) is 9.65 Å². The molecule has 3 heteroatoms. The summed E-state index contributed by atoms with van der Waals surface area (Å²) in [4.78, 5) is 0. The zero-order valence-electron chi connectivity index (χ0n) is 13.1. The molecule has 3 rings (SSSR count). The molecule has 0 saturated carbocycles. The van der Waals surface area contributed by atoms with Crippen molar-refractivity contribution in [3.63, 3.8) is 0 Å². The van der Waals surface area contributed by atoms with E-state index in [4.69, 9.17) is 0 Å². The molecule has 0 aromatic heterocycles. The third-order valence-corrected chi connectivity index (χ3v) is 6.72. The first-order valence-corrected chi connectivity index (χ1v) is 9.45. The van der Waals surface area contributed by atoms with Crippen molar-refractivity contribution in [2.45, 2.75) is 13.0 Å². The van der Waals surface area contributed by atoms with Crippen LogP contribution in [0.1, 0.15) is 18.5 Å².